The van der Waals surface area contributed by atoms with E-state index in [0.29, 0.717) is 5.69 Å². The van der Waals surface area contributed by atoms with Gasteiger partial charge in [-0.3, -0.25) is 4.79 Å². The molecule has 2 aliphatic rings. The van der Waals surface area contributed by atoms with Gasteiger partial charge >= 0.3 is 6.03 Å². The number of pyridine rings is 2. The molecule has 0 bridgehead atoms. The predicted molar refractivity (Wildman–Crippen MR) is 130 cm³/mol. The molecule has 2 aliphatic heterocycles. The van der Waals surface area contributed by atoms with E-state index in [1.54, 1.807) is 36.1 Å². The minimum Gasteiger partial charge on any atom is -0.397 e. The van der Waals surface area contributed by atoms with Gasteiger partial charge in [0.05, 0.1) is 11.9 Å². The first-order valence-electron chi connectivity index (χ1n) is 11.3. The Bertz CT molecular complexity index is 1250. The van der Waals surface area contributed by atoms with Crippen molar-refractivity contribution in [2.75, 3.05) is 35.6 Å². The summed E-state index contributed by atoms with van der Waals surface area (Å²) < 4.78 is 1.55. The van der Waals surface area contributed by atoms with Crippen LogP contribution in [0.4, 0.5) is 22.0 Å². The van der Waals surface area contributed by atoms with Crippen LogP contribution in [0.25, 0.3) is 11.1 Å². The minimum absolute atomic E-state index is 0.0130. The largest absolute Gasteiger partial charge is 0.397 e. The van der Waals surface area contributed by atoms with Gasteiger partial charge < -0.3 is 25.4 Å². The molecule has 0 saturated carbocycles. The SMILES string of the molecule is Cn1cc(-c2cc(N3CCC(N4CCc5ccccc5NC4=O)CC3)ncc2N)ccc1=O. The fourth-order valence-electron chi connectivity index (χ4n) is 4.78. The zero-order valence-corrected chi connectivity index (χ0v) is 18.7. The van der Waals surface area contributed by atoms with Crippen LogP contribution in [-0.2, 0) is 13.5 Å². The van der Waals surface area contributed by atoms with Crippen molar-refractivity contribution in [1.82, 2.24) is 14.5 Å². The predicted octanol–water partition coefficient (Wildman–Crippen LogP) is 3.09. The van der Waals surface area contributed by atoms with E-state index in [1.807, 2.05) is 29.2 Å². The molecule has 8 heteroatoms. The summed E-state index contributed by atoms with van der Waals surface area (Å²) in [4.78, 5) is 33.4. The molecule has 5 rings (SSSR count). The Labute approximate surface area is 192 Å². The normalized spacial score (nSPS) is 16.8. The Balaban J connectivity index is 1.29. The third-order valence-corrected chi connectivity index (χ3v) is 6.69. The lowest BCUT2D eigenvalue weighted by Crippen LogP contribution is -2.49. The van der Waals surface area contributed by atoms with E-state index in [1.165, 1.54) is 5.56 Å². The standard InChI is InChI=1S/C25H28N6O2/c1-29-16-18(6-7-24(29)32)20-14-23(27-15-21(20)26)30-11-9-19(10-12-30)31-13-8-17-4-2-3-5-22(17)28-25(31)33/h2-7,14-16,19H,8-13,26H2,1H3,(H,28,33). The molecule has 0 radical (unpaired) electrons. The number of amides is 2. The van der Waals surface area contributed by atoms with E-state index >= 15 is 0 Å². The van der Waals surface area contributed by atoms with E-state index in [4.69, 9.17) is 5.73 Å². The van der Waals surface area contributed by atoms with Crippen LogP contribution < -0.4 is 21.5 Å². The Kier molecular flexibility index (Phi) is 5.50. The number of nitrogens with zero attached hydrogens (tertiary/aromatic N) is 4. The Hall–Kier alpha value is -3.81. The fraction of sp³-hybridized carbons (Fsp3) is 0.320. The second kappa shape index (κ2) is 8.61. The van der Waals surface area contributed by atoms with E-state index < -0.39 is 0 Å². The van der Waals surface area contributed by atoms with Crippen molar-refractivity contribution in [2.24, 2.45) is 7.05 Å². The van der Waals surface area contributed by atoms with Crippen molar-refractivity contribution >= 4 is 23.2 Å². The summed E-state index contributed by atoms with van der Waals surface area (Å²) in [5.74, 6) is 0.860. The van der Waals surface area contributed by atoms with Gasteiger partial charge in [0, 0.05) is 61.8 Å². The smallest absolute Gasteiger partial charge is 0.322 e. The van der Waals surface area contributed by atoms with Crippen molar-refractivity contribution in [3.05, 3.63) is 70.8 Å². The third kappa shape index (κ3) is 4.16. The van der Waals surface area contributed by atoms with E-state index in [0.717, 1.165) is 61.5 Å². The molecular weight excluding hydrogens is 416 g/mol. The zero-order valence-electron chi connectivity index (χ0n) is 18.7. The molecule has 0 spiro atoms. The molecule has 1 saturated heterocycles. The summed E-state index contributed by atoms with van der Waals surface area (Å²) in [6.45, 7) is 2.35. The zero-order chi connectivity index (χ0) is 22.9. The number of aryl methyl sites for hydroxylation is 1. The summed E-state index contributed by atoms with van der Waals surface area (Å²) in [7, 11) is 1.73. The lowest BCUT2D eigenvalue weighted by Gasteiger charge is -2.38. The first kappa shape index (κ1) is 21.1. The van der Waals surface area contributed by atoms with Gasteiger partial charge in [-0.15, -0.1) is 0 Å². The van der Waals surface area contributed by atoms with Gasteiger partial charge in [0.1, 0.15) is 5.82 Å². The maximum Gasteiger partial charge on any atom is 0.322 e. The minimum atomic E-state index is -0.0608. The van der Waals surface area contributed by atoms with Gasteiger partial charge in [-0.05, 0) is 43.0 Å². The Morgan fingerprint density at radius 2 is 1.85 bits per heavy atom. The Morgan fingerprint density at radius 1 is 1.06 bits per heavy atom. The van der Waals surface area contributed by atoms with Crippen molar-refractivity contribution in [2.45, 2.75) is 25.3 Å². The molecule has 33 heavy (non-hydrogen) atoms. The molecule has 3 N–H and O–H groups in total. The fourth-order valence-corrected chi connectivity index (χ4v) is 4.78. The van der Waals surface area contributed by atoms with Crippen LogP contribution in [0.1, 0.15) is 18.4 Å². The molecule has 0 atom stereocenters. The lowest BCUT2D eigenvalue weighted by molar-refractivity contribution is 0.177. The molecular formula is C25H28N6O2. The number of nitrogens with one attached hydrogen (secondary N) is 1. The van der Waals surface area contributed by atoms with Gasteiger partial charge in [0.2, 0.25) is 5.56 Å². The van der Waals surface area contributed by atoms with Crippen LogP contribution in [0, 0.1) is 0 Å². The topological polar surface area (TPSA) is 96.5 Å². The van der Waals surface area contributed by atoms with Crippen LogP contribution >= 0.6 is 0 Å². The molecule has 1 fully saturated rings. The number of urea groups is 1. The van der Waals surface area contributed by atoms with Crippen molar-refractivity contribution in [3.8, 4) is 11.1 Å². The van der Waals surface area contributed by atoms with Gasteiger partial charge in [0.25, 0.3) is 0 Å². The van der Waals surface area contributed by atoms with E-state index in [9.17, 15) is 9.59 Å². The maximum atomic E-state index is 12.9. The number of aromatic nitrogens is 2. The monoisotopic (exact) mass is 444 g/mol. The summed E-state index contributed by atoms with van der Waals surface area (Å²) in [5, 5.41) is 3.08. The maximum absolute atomic E-state index is 12.9. The van der Waals surface area contributed by atoms with Crippen molar-refractivity contribution in [3.63, 3.8) is 0 Å². The summed E-state index contributed by atoms with van der Waals surface area (Å²) in [5.41, 5.74) is 10.6. The van der Waals surface area contributed by atoms with Gasteiger partial charge in [-0.25, -0.2) is 9.78 Å². The summed E-state index contributed by atoms with van der Waals surface area (Å²) in [6, 6.07) is 13.5. The second-order valence-electron chi connectivity index (χ2n) is 8.75. The number of hydrogen-bond donors (Lipinski definition) is 2. The van der Waals surface area contributed by atoms with Crippen molar-refractivity contribution < 1.29 is 4.79 Å². The number of benzene rings is 1. The number of piperidine rings is 1. The average molecular weight is 445 g/mol. The third-order valence-electron chi connectivity index (χ3n) is 6.69. The van der Waals surface area contributed by atoms with Crippen LogP contribution in [-0.4, -0.2) is 46.2 Å². The van der Waals surface area contributed by atoms with E-state index in [-0.39, 0.29) is 17.6 Å². The molecule has 2 amide bonds. The van der Waals surface area contributed by atoms with E-state index in [2.05, 4.69) is 21.3 Å². The van der Waals surface area contributed by atoms with Crippen LogP contribution in [0.15, 0.2) is 59.7 Å². The first-order valence-corrected chi connectivity index (χ1v) is 11.3. The highest BCUT2D eigenvalue weighted by Crippen LogP contribution is 2.30. The van der Waals surface area contributed by atoms with Gasteiger partial charge in [0.15, 0.2) is 0 Å². The number of nitrogen functional groups attached to an aromatic ring is 1. The number of fused-ring (bicyclic) bond motifs is 1. The number of para-hydroxylation sites is 1. The molecule has 2 aromatic heterocycles. The number of nitrogens with two attached hydrogens (primary N) is 1. The molecule has 170 valence electrons. The molecule has 3 aromatic rings. The second-order valence-corrected chi connectivity index (χ2v) is 8.75. The van der Waals surface area contributed by atoms with Crippen molar-refractivity contribution in [1.29, 1.82) is 0 Å². The summed E-state index contributed by atoms with van der Waals surface area (Å²) >= 11 is 0. The van der Waals surface area contributed by atoms with Gasteiger partial charge in [-0.1, -0.05) is 18.2 Å². The molecule has 1 aromatic carbocycles. The number of anilines is 3. The molecule has 0 aliphatic carbocycles. The number of rotatable bonds is 3. The Morgan fingerprint density at radius 3 is 2.64 bits per heavy atom. The number of carbonyl (C=O) groups excluding carboxylic acids is 1. The summed E-state index contributed by atoms with van der Waals surface area (Å²) in [6.07, 6.45) is 6.09. The first-order chi connectivity index (χ1) is 16.0. The lowest BCUT2D eigenvalue weighted by atomic mass is 10.0. The average Bonchev–Trinajstić information content (AvgIpc) is 2.99. The molecule has 0 unspecified atom stereocenters. The molecule has 8 nitrogen and oxygen atoms in total. The van der Waals surface area contributed by atoms with Crippen LogP contribution in [0.5, 0.6) is 0 Å². The highest BCUT2D eigenvalue weighted by atomic mass is 16.2. The van der Waals surface area contributed by atoms with Crippen LogP contribution in [0.2, 0.25) is 0 Å². The number of hydrogen-bond acceptors (Lipinski definition) is 5. The number of carbonyl (C=O) groups is 1. The van der Waals surface area contributed by atoms with Crippen LogP contribution in [0.3, 0.4) is 0 Å². The molecule has 4 heterocycles. The van der Waals surface area contributed by atoms with Gasteiger partial charge in [-0.2, -0.15) is 0 Å². The quantitative estimate of drug-likeness (QED) is 0.647. The highest BCUT2D eigenvalue weighted by Gasteiger charge is 2.30. The highest BCUT2D eigenvalue weighted by molar-refractivity contribution is 5.91.